The van der Waals surface area contributed by atoms with Crippen LogP contribution in [0.2, 0.25) is 0 Å². The molecule has 0 spiro atoms. The summed E-state index contributed by atoms with van der Waals surface area (Å²) in [7, 11) is 4.59. The zero-order valence-electron chi connectivity index (χ0n) is 10.4. The van der Waals surface area contributed by atoms with E-state index in [1.165, 1.54) is 11.8 Å². The molecule has 0 N–H and O–H groups in total. The lowest BCUT2D eigenvalue weighted by atomic mass is 10.1. The standard InChI is InChI=1S/C12H13N3O3/c1-15-11(10(13-14-15)12(16)18-3)8-6-4-5-7-9(8)17-2/h4-7H,1-3H3. The Labute approximate surface area is 104 Å². The second-order valence-electron chi connectivity index (χ2n) is 3.60. The van der Waals surface area contributed by atoms with E-state index >= 15 is 0 Å². The zero-order valence-corrected chi connectivity index (χ0v) is 10.4. The van der Waals surface area contributed by atoms with Gasteiger partial charge in [0.1, 0.15) is 11.4 Å². The minimum Gasteiger partial charge on any atom is -0.496 e. The molecular weight excluding hydrogens is 234 g/mol. The molecule has 6 heteroatoms. The number of hydrogen-bond acceptors (Lipinski definition) is 5. The average Bonchev–Trinajstić information content (AvgIpc) is 2.79. The molecule has 94 valence electrons. The van der Waals surface area contributed by atoms with E-state index in [1.54, 1.807) is 14.2 Å². The van der Waals surface area contributed by atoms with Gasteiger partial charge in [-0.25, -0.2) is 9.48 Å². The highest BCUT2D eigenvalue weighted by atomic mass is 16.5. The Balaban J connectivity index is 2.63. The summed E-state index contributed by atoms with van der Waals surface area (Å²) in [4.78, 5) is 11.6. The lowest BCUT2D eigenvalue weighted by molar-refractivity contribution is 0.0595. The van der Waals surface area contributed by atoms with Crippen LogP contribution in [0.5, 0.6) is 5.75 Å². The van der Waals surface area contributed by atoms with Gasteiger partial charge in [0.15, 0.2) is 5.69 Å². The van der Waals surface area contributed by atoms with Crippen LogP contribution in [0.25, 0.3) is 11.3 Å². The highest BCUT2D eigenvalue weighted by Crippen LogP contribution is 2.30. The molecule has 0 saturated heterocycles. The van der Waals surface area contributed by atoms with Gasteiger partial charge in [-0.1, -0.05) is 17.3 Å². The Morgan fingerprint density at radius 3 is 2.67 bits per heavy atom. The molecule has 0 amide bonds. The summed E-state index contributed by atoms with van der Waals surface area (Å²) in [5.74, 6) is 0.122. The maximum Gasteiger partial charge on any atom is 0.360 e. The Hall–Kier alpha value is -2.37. The number of ether oxygens (including phenoxy) is 2. The number of hydrogen-bond donors (Lipinski definition) is 0. The molecule has 0 atom stereocenters. The molecule has 1 heterocycles. The molecule has 0 radical (unpaired) electrons. The molecule has 0 aliphatic heterocycles. The first-order chi connectivity index (χ1) is 8.69. The predicted octanol–water partition coefficient (Wildman–Crippen LogP) is 1.28. The van der Waals surface area contributed by atoms with Crippen molar-refractivity contribution in [2.75, 3.05) is 14.2 Å². The van der Waals surface area contributed by atoms with Gasteiger partial charge in [0, 0.05) is 12.6 Å². The van der Waals surface area contributed by atoms with Crippen LogP contribution in [-0.2, 0) is 11.8 Å². The highest BCUT2D eigenvalue weighted by molar-refractivity contribution is 5.94. The number of carbonyl (C=O) groups is 1. The largest absolute Gasteiger partial charge is 0.496 e. The van der Waals surface area contributed by atoms with Crippen molar-refractivity contribution in [3.63, 3.8) is 0 Å². The van der Waals surface area contributed by atoms with Gasteiger partial charge in [-0.05, 0) is 12.1 Å². The minimum absolute atomic E-state index is 0.171. The number of esters is 1. The van der Waals surface area contributed by atoms with E-state index in [2.05, 4.69) is 15.0 Å². The lowest BCUT2D eigenvalue weighted by Gasteiger charge is -2.08. The van der Waals surface area contributed by atoms with Crippen LogP contribution in [0, 0.1) is 0 Å². The Morgan fingerprint density at radius 2 is 2.00 bits per heavy atom. The number of benzene rings is 1. The van der Waals surface area contributed by atoms with Crippen molar-refractivity contribution in [2.45, 2.75) is 0 Å². The van der Waals surface area contributed by atoms with E-state index in [0.717, 1.165) is 5.56 Å². The van der Waals surface area contributed by atoms with Crippen LogP contribution in [0.3, 0.4) is 0 Å². The highest BCUT2D eigenvalue weighted by Gasteiger charge is 2.22. The Kier molecular flexibility index (Phi) is 3.27. The van der Waals surface area contributed by atoms with Crippen molar-refractivity contribution in [1.29, 1.82) is 0 Å². The van der Waals surface area contributed by atoms with Gasteiger partial charge in [0.2, 0.25) is 0 Å². The summed E-state index contributed by atoms with van der Waals surface area (Å²) in [5, 5.41) is 7.67. The van der Waals surface area contributed by atoms with Gasteiger partial charge < -0.3 is 9.47 Å². The molecule has 0 fully saturated rings. The number of para-hydroxylation sites is 1. The van der Waals surface area contributed by atoms with Crippen molar-refractivity contribution >= 4 is 5.97 Å². The first-order valence-electron chi connectivity index (χ1n) is 5.30. The van der Waals surface area contributed by atoms with Crippen LogP contribution in [-0.4, -0.2) is 35.2 Å². The van der Waals surface area contributed by atoms with Crippen molar-refractivity contribution < 1.29 is 14.3 Å². The normalized spacial score (nSPS) is 10.2. The molecule has 0 unspecified atom stereocenters. The molecule has 0 aliphatic carbocycles. The number of methoxy groups -OCH3 is 2. The summed E-state index contributed by atoms with van der Waals surface area (Å²) >= 11 is 0. The summed E-state index contributed by atoms with van der Waals surface area (Å²) in [6.07, 6.45) is 0. The fourth-order valence-electron chi connectivity index (χ4n) is 1.73. The summed E-state index contributed by atoms with van der Waals surface area (Å²) in [5.41, 5.74) is 1.48. The van der Waals surface area contributed by atoms with Gasteiger partial charge in [0.05, 0.1) is 14.2 Å². The molecule has 0 aliphatic rings. The van der Waals surface area contributed by atoms with E-state index < -0.39 is 5.97 Å². The van der Waals surface area contributed by atoms with Crippen LogP contribution in [0.15, 0.2) is 24.3 Å². The van der Waals surface area contributed by atoms with Crippen LogP contribution in [0.4, 0.5) is 0 Å². The SMILES string of the molecule is COC(=O)c1nnn(C)c1-c1ccccc1OC. The van der Waals surface area contributed by atoms with Crippen LogP contribution in [0.1, 0.15) is 10.5 Å². The van der Waals surface area contributed by atoms with Gasteiger partial charge in [0.25, 0.3) is 0 Å². The fourth-order valence-corrected chi connectivity index (χ4v) is 1.73. The second kappa shape index (κ2) is 4.87. The van der Waals surface area contributed by atoms with Crippen LogP contribution >= 0.6 is 0 Å². The first kappa shape index (κ1) is 12.1. The first-order valence-corrected chi connectivity index (χ1v) is 5.30. The van der Waals surface area contributed by atoms with Gasteiger partial charge in [-0.15, -0.1) is 5.10 Å². The number of nitrogens with zero attached hydrogens (tertiary/aromatic N) is 3. The maximum atomic E-state index is 11.6. The number of aromatic nitrogens is 3. The number of carbonyl (C=O) groups excluding carboxylic acids is 1. The van der Waals surface area contributed by atoms with Gasteiger partial charge in [-0.3, -0.25) is 0 Å². The maximum absolute atomic E-state index is 11.6. The van der Waals surface area contributed by atoms with Gasteiger partial charge >= 0.3 is 5.97 Å². The molecular formula is C12H13N3O3. The second-order valence-corrected chi connectivity index (χ2v) is 3.60. The molecule has 18 heavy (non-hydrogen) atoms. The topological polar surface area (TPSA) is 66.2 Å². The van der Waals surface area contributed by atoms with Crippen molar-refractivity contribution in [3.05, 3.63) is 30.0 Å². The lowest BCUT2D eigenvalue weighted by Crippen LogP contribution is -2.05. The average molecular weight is 247 g/mol. The molecule has 6 nitrogen and oxygen atoms in total. The Morgan fingerprint density at radius 1 is 1.28 bits per heavy atom. The summed E-state index contributed by atoms with van der Waals surface area (Å²) < 4.78 is 11.5. The summed E-state index contributed by atoms with van der Waals surface area (Å²) in [6, 6.07) is 7.35. The molecule has 2 aromatic rings. The van der Waals surface area contributed by atoms with E-state index in [9.17, 15) is 4.79 Å². The van der Waals surface area contributed by atoms with Crippen LogP contribution < -0.4 is 4.74 Å². The van der Waals surface area contributed by atoms with Gasteiger partial charge in [-0.2, -0.15) is 0 Å². The zero-order chi connectivity index (χ0) is 13.1. The van der Waals surface area contributed by atoms with E-state index in [4.69, 9.17) is 4.74 Å². The number of aryl methyl sites for hydroxylation is 1. The quantitative estimate of drug-likeness (QED) is 0.764. The fraction of sp³-hybridized carbons (Fsp3) is 0.250. The molecule has 1 aromatic heterocycles. The predicted molar refractivity (Wildman–Crippen MR) is 64.3 cm³/mol. The Bertz CT molecular complexity index is 578. The third-order valence-corrected chi connectivity index (χ3v) is 2.57. The summed E-state index contributed by atoms with van der Waals surface area (Å²) in [6.45, 7) is 0. The van der Waals surface area contributed by atoms with Crippen molar-refractivity contribution in [2.24, 2.45) is 7.05 Å². The van der Waals surface area contributed by atoms with E-state index in [0.29, 0.717) is 11.4 Å². The van der Waals surface area contributed by atoms with Crippen molar-refractivity contribution in [1.82, 2.24) is 15.0 Å². The molecule has 0 bridgehead atoms. The minimum atomic E-state index is -0.524. The van der Waals surface area contributed by atoms with E-state index in [1.807, 2.05) is 24.3 Å². The third kappa shape index (κ3) is 1.92. The monoisotopic (exact) mass is 247 g/mol. The smallest absolute Gasteiger partial charge is 0.360 e. The van der Waals surface area contributed by atoms with Crippen molar-refractivity contribution in [3.8, 4) is 17.0 Å². The molecule has 1 aromatic carbocycles. The molecule has 0 saturated carbocycles. The number of rotatable bonds is 3. The van der Waals surface area contributed by atoms with E-state index in [-0.39, 0.29) is 5.69 Å². The molecule has 2 rings (SSSR count). The third-order valence-electron chi connectivity index (χ3n) is 2.57.